The Morgan fingerprint density at radius 3 is 2.28 bits per heavy atom. The zero-order valence-corrected chi connectivity index (χ0v) is 12.9. The molecule has 0 aliphatic heterocycles. The largest absolute Gasteiger partial charge is 0.299 e. The van der Waals surface area contributed by atoms with Gasteiger partial charge in [-0.15, -0.1) is 0 Å². The summed E-state index contributed by atoms with van der Waals surface area (Å²) < 4.78 is 0. The summed E-state index contributed by atoms with van der Waals surface area (Å²) in [5.74, 6) is 1.10. The minimum absolute atomic E-state index is 0.0891. The number of ketones is 1. The summed E-state index contributed by atoms with van der Waals surface area (Å²) in [6, 6.07) is 0. The van der Waals surface area contributed by atoms with Gasteiger partial charge < -0.3 is 0 Å². The highest BCUT2D eigenvalue weighted by molar-refractivity contribution is 5.79. The van der Waals surface area contributed by atoms with Crippen molar-refractivity contribution < 1.29 is 4.79 Å². The number of hydrogen-bond acceptors (Lipinski definition) is 1. The third-order valence-electron chi connectivity index (χ3n) is 3.65. The van der Waals surface area contributed by atoms with Crippen LogP contribution in [0.4, 0.5) is 0 Å². The number of allylic oxidation sites excluding steroid dienone is 2. The molecule has 0 rings (SSSR count). The van der Waals surface area contributed by atoms with E-state index in [0.29, 0.717) is 0 Å². The molecule has 0 aliphatic carbocycles. The van der Waals surface area contributed by atoms with Gasteiger partial charge in [-0.05, 0) is 19.3 Å². The lowest BCUT2D eigenvalue weighted by Crippen LogP contribution is -2.02. The molecule has 0 amide bonds. The number of rotatable bonds is 11. The maximum atomic E-state index is 11.1. The van der Waals surface area contributed by atoms with Gasteiger partial charge >= 0.3 is 0 Å². The Balaban J connectivity index is 3.48. The van der Waals surface area contributed by atoms with Crippen LogP contribution in [0.3, 0.4) is 0 Å². The van der Waals surface area contributed by atoms with Crippen LogP contribution in [0.15, 0.2) is 12.2 Å². The molecule has 0 unspecified atom stereocenters. The molecule has 18 heavy (non-hydrogen) atoms. The van der Waals surface area contributed by atoms with E-state index < -0.39 is 0 Å². The first-order chi connectivity index (χ1) is 8.57. The molecule has 0 aromatic rings. The quantitative estimate of drug-likeness (QED) is 0.348. The number of Topliss-reactive ketones (excluding diaryl/α,β-unsaturated/α-hetero) is 1. The predicted octanol–water partition coefficient (Wildman–Crippen LogP) is 5.54. The SMILES string of the molecule is CCCCCCCC[C@H](C)C/C=C/[C@H](C)C(C)=O. The average Bonchev–Trinajstić information content (AvgIpc) is 2.33. The Morgan fingerprint density at radius 1 is 1.06 bits per heavy atom. The lowest BCUT2D eigenvalue weighted by molar-refractivity contribution is -0.118. The summed E-state index contributed by atoms with van der Waals surface area (Å²) in [6.45, 7) is 8.21. The molecular formula is C17H32O. The van der Waals surface area contributed by atoms with Crippen molar-refractivity contribution in [3.8, 4) is 0 Å². The molecule has 0 saturated heterocycles. The fourth-order valence-electron chi connectivity index (χ4n) is 2.04. The van der Waals surface area contributed by atoms with Crippen LogP contribution in [0.2, 0.25) is 0 Å². The molecule has 0 fully saturated rings. The van der Waals surface area contributed by atoms with E-state index >= 15 is 0 Å². The summed E-state index contributed by atoms with van der Waals surface area (Å²) in [4.78, 5) is 11.1. The lowest BCUT2D eigenvalue weighted by atomic mass is 9.97. The Morgan fingerprint density at radius 2 is 1.67 bits per heavy atom. The van der Waals surface area contributed by atoms with E-state index in [1.165, 1.54) is 44.9 Å². The second-order valence-corrected chi connectivity index (χ2v) is 5.72. The smallest absolute Gasteiger partial charge is 0.136 e. The van der Waals surface area contributed by atoms with Crippen molar-refractivity contribution in [1.82, 2.24) is 0 Å². The maximum absolute atomic E-state index is 11.1. The average molecular weight is 252 g/mol. The van der Waals surface area contributed by atoms with Gasteiger partial charge in [0.2, 0.25) is 0 Å². The summed E-state index contributed by atoms with van der Waals surface area (Å²) in [6.07, 6.45) is 15.0. The minimum Gasteiger partial charge on any atom is -0.299 e. The van der Waals surface area contributed by atoms with E-state index in [0.717, 1.165) is 12.3 Å². The number of carbonyl (C=O) groups is 1. The Labute approximate surface area is 114 Å². The molecule has 0 aliphatic rings. The van der Waals surface area contributed by atoms with Crippen molar-refractivity contribution in [3.05, 3.63) is 12.2 Å². The van der Waals surface area contributed by atoms with Crippen LogP contribution in [0.5, 0.6) is 0 Å². The third-order valence-corrected chi connectivity index (χ3v) is 3.65. The first-order valence-corrected chi connectivity index (χ1v) is 7.75. The highest BCUT2D eigenvalue weighted by atomic mass is 16.1. The van der Waals surface area contributed by atoms with Gasteiger partial charge in [-0.3, -0.25) is 4.79 Å². The van der Waals surface area contributed by atoms with E-state index in [4.69, 9.17) is 0 Å². The van der Waals surface area contributed by atoms with Crippen LogP contribution in [0.25, 0.3) is 0 Å². The van der Waals surface area contributed by atoms with Crippen LogP contribution in [-0.4, -0.2) is 5.78 Å². The molecule has 0 aromatic carbocycles. The summed E-state index contributed by atoms with van der Waals surface area (Å²) >= 11 is 0. The highest BCUT2D eigenvalue weighted by Gasteiger charge is 2.03. The molecule has 0 heterocycles. The number of unbranched alkanes of at least 4 members (excludes halogenated alkanes) is 5. The van der Waals surface area contributed by atoms with Crippen molar-refractivity contribution in [1.29, 1.82) is 0 Å². The molecule has 0 radical (unpaired) electrons. The maximum Gasteiger partial charge on any atom is 0.136 e. The van der Waals surface area contributed by atoms with E-state index in [-0.39, 0.29) is 11.7 Å². The minimum atomic E-state index is 0.0891. The van der Waals surface area contributed by atoms with E-state index in [9.17, 15) is 4.79 Å². The van der Waals surface area contributed by atoms with Crippen LogP contribution < -0.4 is 0 Å². The summed E-state index contributed by atoms with van der Waals surface area (Å²) in [5, 5.41) is 0. The van der Waals surface area contributed by atoms with Crippen LogP contribution in [0, 0.1) is 11.8 Å². The molecule has 0 bridgehead atoms. The Bertz CT molecular complexity index is 230. The molecular weight excluding hydrogens is 220 g/mol. The third kappa shape index (κ3) is 10.6. The van der Waals surface area contributed by atoms with Gasteiger partial charge in [0, 0.05) is 5.92 Å². The second-order valence-electron chi connectivity index (χ2n) is 5.72. The van der Waals surface area contributed by atoms with Gasteiger partial charge in [0.25, 0.3) is 0 Å². The zero-order chi connectivity index (χ0) is 13.8. The summed E-state index contributed by atoms with van der Waals surface area (Å²) in [5.41, 5.74) is 0. The van der Waals surface area contributed by atoms with Gasteiger partial charge in [-0.25, -0.2) is 0 Å². The molecule has 0 spiro atoms. The molecule has 106 valence electrons. The zero-order valence-electron chi connectivity index (χ0n) is 12.9. The van der Waals surface area contributed by atoms with E-state index in [1.807, 2.05) is 6.92 Å². The van der Waals surface area contributed by atoms with E-state index in [2.05, 4.69) is 26.0 Å². The van der Waals surface area contributed by atoms with Gasteiger partial charge in [-0.1, -0.05) is 77.9 Å². The highest BCUT2D eigenvalue weighted by Crippen LogP contribution is 2.15. The molecule has 0 saturated carbocycles. The number of hydrogen-bond donors (Lipinski definition) is 0. The molecule has 1 heteroatoms. The topological polar surface area (TPSA) is 17.1 Å². The standard InChI is InChI=1S/C17H32O/c1-5-6-7-8-9-10-12-15(2)13-11-14-16(3)17(4)18/h11,14-16H,5-10,12-13H2,1-4H3/b14-11+/t15-,16-/m0/s1. The van der Waals surface area contributed by atoms with Crippen molar-refractivity contribution in [2.45, 2.75) is 79.1 Å². The van der Waals surface area contributed by atoms with Gasteiger partial charge in [0.1, 0.15) is 5.78 Å². The lowest BCUT2D eigenvalue weighted by Gasteiger charge is -2.08. The van der Waals surface area contributed by atoms with Gasteiger partial charge in [0.15, 0.2) is 0 Å². The van der Waals surface area contributed by atoms with Crippen molar-refractivity contribution >= 4 is 5.78 Å². The summed E-state index contributed by atoms with van der Waals surface area (Å²) in [7, 11) is 0. The fourth-order valence-corrected chi connectivity index (χ4v) is 2.04. The van der Waals surface area contributed by atoms with Crippen LogP contribution >= 0.6 is 0 Å². The molecule has 2 atom stereocenters. The first-order valence-electron chi connectivity index (χ1n) is 7.75. The first kappa shape index (κ1) is 17.4. The molecule has 0 N–H and O–H groups in total. The van der Waals surface area contributed by atoms with Gasteiger partial charge in [-0.2, -0.15) is 0 Å². The molecule has 1 nitrogen and oxygen atoms in total. The van der Waals surface area contributed by atoms with Gasteiger partial charge in [0.05, 0.1) is 0 Å². The van der Waals surface area contributed by atoms with Crippen molar-refractivity contribution in [2.24, 2.45) is 11.8 Å². The molecule has 0 aromatic heterocycles. The second kappa shape index (κ2) is 11.5. The van der Waals surface area contributed by atoms with Crippen molar-refractivity contribution in [3.63, 3.8) is 0 Å². The van der Waals surface area contributed by atoms with Crippen LogP contribution in [-0.2, 0) is 4.79 Å². The van der Waals surface area contributed by atoms with Crippen molar-refractivity contribution in [2.75, 3.05) is 0 Å². The monoisotopic (exact) mass is 252 g/mol. The fraction of sp³-hybridized carbons (Fsp3) is 0.824. The van der Waals surface area contributed by atoms with E-state index in [1.54, 1.807) is 6.92 Å². The van der Waals surface area contributed by atoms with Crippen LogP contribution in [0.1, 0.15) is 79.1 Å². The Kier molecular flexibility index (Phi) is 11.1. The predicted molar refractivity (Wildman–Crippen MR) is 80.8 cm³/mol. The Hall–Kier alpha value is -0.590. The normalized spacial score (nSPS) is 14.9. The number of carbonyl (C=O) groups excluding carboxylic acids is 1.